The average molecular weight is 449 g/mol. The molecule has 0 atom stereocenters. The van der Waals surface area contributed by atoms with Crippen molar-refractivity contribution in [2.45, 2.75) is 13.1 Å². The Morgan fingerprint density at radius 1 is 1.00 bits per heavy atom. The summed E-state index contributed by atoms with van der Waals surface area (Å²) in [6, 6.07) is 15.5. The van der Waals surface area contributed by atoms with Crippen LogP contribution in [0.15, 0.2) is 73.2 Å². The molecule has 0 aliphatic carbocycles. The van der Waals surface area contributed by atoms with Gasteiger partial charge >= 0.3 is 6.18 Å². The van der Waals surface area contributed by atoms with Gasteiger partial charge in [0.2, 0.25) is 0 Å². The lowest BCUT2D eigenvalue weighted by atomic mass is 10.0. The predicted octanol–water partition coefficient (Wildman–Crippen LogP) is 5.79. The van der Waals surface area contributed by atoms with Crippen LogP contribution in [0.5, 0.6) is 0 Å². The summed E-state index contributed by atoms with van der Waals surface area (Å²) in [4.78, 5) is 8.85. The number of aromatic amines is 1. The van der Waals surface area contributed by atoms with Gasteiger partial charge in [-0.2, -0.15) is 18.3 Å². The molecule has 1 aliphatic rings. The van der Waals surface area contributed by atoms with E-state index in [9.17, 15) is 13.2 Å². The Hall–Kier alpha value is -3.81. The molecule has 0 amide bonds. The highest BCUT2D eigenvalue weighted by molar-refractivity contribution is 5.95. The van der Waals surface area contributed by atoms with Crippen molar-refractivity contribution < 1.29 is 13.2 Å². The molecule has 0 spiro atoms. The van der Waals surface area contributed by atoms with Gasteiger partial charge in [0.25, 0.3) is 0 Å². The van der Waals surface area contributed by atoms with E-state index in [0.29, 0.717) is 12.1 Å². The van der Waals surface area contributed by atoms with Crippen LogP contribution in [0.1, 0.15) is 11.3 Å². The summed E-state index contributed by atoms with van der Waals surface area (Å²) >= 11 is 0. The molecule has 1 N–H and O–H groups in total. The fourth-order valence-electron chi connectivity index (χ4n) is 4.16. The number of aryl methyl sites for hydroxylation is 1. The largest absolute Gasteiger partial charge is 0.433 e. The van der Waals surface area contributed by atoms with E-state index in [0.717, 1.165) is 35.4 Å². The van der Waals surface area contributed by atoms with Crippen molar-refractivity contribution in [3.8, 4) is 11.1 Å². The Kier molecular flexibility index (Phi) is 5.28. The van der Waals surface area contributed by atoms with Crippen LogP contribution in [-0.4, -0.2) is 34.8 Å². The van der Waals surface area contributed by atoms with Gasteiger partial charge in [0.15, 0.2) is 0 Å². The molecule has 5 rings (SSSR count). The molecular formula is C25H22F3N5. The fraction of sp³-hybridized carbons (Fsp3) is 0.200. The number of nitrogens with zero attached hydrogens (tertiary/aromatic N) is 4. The van der Waals surface area contributed by atoms with Crippen LogP contribution in [-0.2, 0) is 6.18 Å². The molecule has 3 heterocycles. The summed E-state index contributed by atoms with van der Waals surface area (Å²) in [6.07, 6.45) is 2.63. The van der Waals surface area contributed by atoms with E-state index in [-0.39, 0.29) is 5.56 Å². The summed E-state index contributed by atoms with van der Waals surface area (Å²) in [5.74, 6) is 0. The van der Waals surface area contributed by atoms with Gasteiger partial charge in [0.1, 0.15) is 5.69 Å². The Balaban J connectivity index is 1.48. The summed E-state index contributed by atoms with van der Waals surface area (Å²) < 4.78 is 40.2. The third-order valence-electron chi connectivity index (χ3n) is 5.88. The molecule has 0 fully saturated rings. The van der Waals surface area contributed by atoms with E-state index in [1.807, 2.05) is 6.07 Å². The molecule has 5 nitrogen and oxygen atoms in total. The second-order valence-corrected chi connectivity index (χ2v) is 8.08. The van der Waals surface area contributed by atoms with Crippen molar-refractivity contribution in [1.29, 1.82) is 0 Å². The van der Waals surface area contributed by atoms with Gasteiger partial charge in [-0.05, 0) is 48.9 Å². The van der Waals surface area contributed by atoms with Crippen LogP contribution in [0.25, 0.3) is 22.0 Å². The molecule has 0 unspecified atom stereocenters. The van der Waals surface area contributed by atoms with Crippen molar-refractivity contribution in [3.05, 3.63) is 84.5 Å². The lowest BCUT2D eigenvalue weighted by Gasteiger charge is -2.26. The second kappa shape index (κ2) is 8.27. The second-order valence-electron chi connectivity index (χ2n) is 8.08. The lowest BCUT2D eigenvalue weighted by molar-refractivity contribution is -0.140. The van der Waals surface area contributed by atoms with Crippen molar-refractivity contribution in [1.82, 2.24) is 15.2 Å². The number of benzene rings is 2. The molecule has 0 radical (unpaired) electrons. The summed E-state index contributed by atoms with van der Waals surface area (Å²) in [6.45, 7) is 4.28. The molecule has 4 aromatic rings. The quantitative estimate of drug-likeness (QED) is 0.430. The first-order valence-electron chi connectivity index (χ1n) is 10.6. The van der Waals surface area contributed by atoms with Crippen molar-refractivity contribution in [2.24, 2.45) is 0 Å². The van der Waals surface area contributed by atoms with E-state index in [4.69, 9.17) is 0 Å². The van der Waals surface area contributed by atoms with Crippen LogP contribution in [0, 0.1) is 6.92 Å². The maximum Gasteiger partial charge on any atom is 0.433 e. The summed E-state index contributed by atoms with van der Waals surface area (Å²) in [5.41, 5.74) is 3.64. The first kappa shape index (κ1) is 21.1. The highest BCUT2D eigenvalue weighted by Gasteiger charge is 2.36. The minimum atomic E-state index is -4.51. The smallest absolute Gasteiger partial charge is 0.365 e. The molecule has 2 aromatic heterocycles. The average Bonchev–Trinajstić information content (AvgIpc) is 3.19. The van der Waals surface area contributed by atoms with Gasteiger partial charge in [0.05, 0.1) is 11.7 Å². The number of hydrogen-bond donors (Lipinski definition) is 1. The zero-order chi connectivity index (χ0) is 23.0. The fourth-order valence-corrected chi connectivity index (χ4v) is 4.16. The first-order chi connectivity index (χ1) is 15.9. The highest BCUT2D eigenvalue weighted by Crippen LogP contribution is 2.37. The van der Waals surface area contributed by atoms with Crippen molar-refractivity contribution in [2.75, 3.05) is 29.4 Å². The van der Waals surface area contributed by atoms with Crippen LogP contribution in [0.3, 0.4) is 0 Å². The minimum Gasteiger partial charge on any atom is -0.365 e. The number of halogens is 3. The minimum absolute atomic E-state index is 0.0283. The van der Waals surface area contributed by atoms with E-state index in [2.05, 4.69) is 68.4 Å². The SMILES string of the molecule is Cc1ccc(N2C=CCN(c3ccnc4ccc(-c5cn[nH]c5C(F)(F)F)cc34)CC2)cc1. The number of aromatic nitrogens is 3. The van der Waals surface area contributed by atoms with Gasteiger partial charge in [-0.1, -0.05) is 23.8 Å². The van der Waals surface area contributed by atoms with Crippen molar-refractivity contribution in [3.63, 3.8) is 0 Å². The molecule has 0 bridgehead atoms. The Morgan fingerprint density at radius 3 is 2.61 bits per heavy atom. The van der Waals surface area contributed by atoms with Crippen LogP contribution in [0.2, 0.25) is 0 Å². The van der Waals surface area contributed by atoms with E-state index < -0.39 is 11.9 Å². The molecule has 1 aliphatic heterocycles. The standard InChI is InChI=1S/C25H22F3N5/c1-17-3-6-19(7-4-17)32-11-2-12-33(14-13-32)23-9-10-29-22-8-5-18(15-20(22)23)21-16-30-31-24(21)25(26,27)28/h2-11,15-16H,12-14H2,1H3,(H,30,31). The molecule has 0 saturated heterocycles. The first-order valence-corrected chi connectivity index (χ1v) is 10.6. The highest BCUT2D eigenvalue weighted by atomic mass is 19.4. The van der Waals surface area contributed by atoms with Crippen LogP contribution >= 0.6 is 0 Å². The number of alkyl halides is 3. The predicted molar refractivity (Wildman–Crippen MR) is 124 cm³/mol. The Bertz CT molecular complexity index is 1310. The van der Waals surface area contributed by atoms with Gasteiger partial charge < -0.3 is 9.80 Å². The van der Waals surface area contributed by atoms with E-state index >= 15 is 0 Å². The number of anilines is 2. The monoisotopic (exact) mass is 449 g/mol. The summed E-state index contributed by atoms with van der Waals surface area (Å²) in [5, 5.41) is 6.52. The van der Waals surface area contributed by atoms with Crippen LogP contribution < -0.4 is 9.80 Å². The Morgan fingerprint density at radius 2 is 1.82 bits per heavy atom. The molecule has 168 valence electrons. The van der Waals surface area contributed by atoms with Gasteiger partial charge in [-0.3, -0.25) is 10.1 Å². The normalized spacial score (nSPS) is 14.7. The van der Waals surface area contributed by atoms with Crippen molar-refractivity contribution >= 4 is 22.3 Å². The number of fused-ring (bicyclic) bond motifs is 1. The number of rotatable bonds is 3. The third kappa shape index (κ3) is 4.16. The third-order valence-corrected chi connectivity index (χ3v) is 5.88. The topological polar surface area (TPSA) is 48.1 Å². The number of hydrogen-bond acceptors (Lipinski definition) is 4. The van der Waals surface area contributed by atoms with Gasteiger partial charge in [-0.15, -0.1) is 0 Å². The number of pyridine rings is 1. The Labute approximate surface area is 189 Å². The van der Waals surface area contributed by atoms with Gasteiger partial charge in [-0.25, -0.2) is 0 Å². The van der Waals surface area contributed by atoms with Crippen LogP contribution in [0.4, 0.5) is 24.5 Å². The zero-order valence-electron chi connectivity index (χ0n) is 18.0. The maximum atomic E-state index is 13.4. The molecular weight excluding hydrogens is 427 g/mol. The molecule has 2 aromatic carbocycles. The molecule has 0 saturated carbocycles. The van der Waals surface area contributed by atoms with E-state index in [1.54, 1.807) is 24.4 Å². The summed E-state index contributed by atoms with van der Waals surface area (Å²) in [7, 11) is 0. The number of H-pyrrole nitrogens is 1. The lowest BCUT2D eigenvalue weighted by Crippen LogP contribution is -2.30. The zero-order valence-corrected chi connectivity index (χ0v) is 18.0. The van der Waals surface area contributed by atoms with Gasteiger partial charge in [0, 0.05) is 54.4 Å². The molecule has 33 heavy (non-hydrogen) atoms. The number of nitrogens with one attached hydrogen (secondary N) is 1. The molecule has 8 heteroatoms. The maximum absolute atomic E-state index is 13.4. The van der Waals surface area contributed by atoms with E-state index in [1.165, 1.54) is 11.8 Å².